The molecule has 0 aliphatic rings. The number of amides is 1. The first-order chi connectivity index (χ1) is 12.3. The summed E-state index contributed by atoms with van der Waals surface area (Å²) in [5.74, 6) is -0.371. The third-order valence-corrected chi connectivity index (χ3v) is 5.16. The fourth-order valence-corrected chi connectivity index (χ4v) is 3.63. The number of aryl methyl sites for hydroxylation is 1. The number of nitrogens with zero attached hydrogens (tertiary/aromatic N) is 1. The number of rotatable bonds is 4. The van der Waals surface area contributed by atoms with Crippen molar-refractivity contribution in [2.24, 2.45) is 7.05 Å². The lowest BCUT2D eigenvalue weighted by Gasteiger charge is -2.11. The van der Waals surface area contributed by atoms with Crippen LogP contribution in [0.2, 0.25) is 5.02 Å². The fourth-order valence-electron chi connectivity index (χ4n) is 2.55. The van der Waals surface area contributed by atoms with Gasteiger partial charge in [-0.25, -0.2) is 0 Å². The first kappa shape index (κ1) is 18.7. The number of aromatic nitrogens is 1. The third kappa shape index (κ3) is 3.99. The van der Waals surface area contributed by atoms with Crippen LogP contribution in [0, 0.1) is 0 Å². The van der Waals surface area contributed by atoms with E-state index in [0.717, 1.165) is 34.0 Å². The first-order valence-electron chi connectivity index (χ1n) is 7.59. The van der Waals surface area contributed by atoms with E-state index >= 15 is 0 Å². The Balaban J connectivity index is 1.71. The molecule has 0 saturated heterocycles. The topological polar surface area (TPSA) is 34.0 Å². The van der Waals surface area contributed by atoms with Crippen LogP contribution < -0.4 is 5.32 Å². The highest BCUT2D eigenvalue weighted by atomic mass is 35.5. The second kappa shape index (κ2) is 7.25. The standard InChI is InChI=1S/C18H14ClF3N2OS/c1-24-9-16(12-4-2-3-5-15(12)24)26-10-17(25)23-14-8-11(18(20,21)22)6-7-13(14)19/h2-9H,10H2,1H3,(H,23,25). The normalized spacial score (nSPS) is 11.7. The van der Waals surface area contributed by atoms with E-state index in [2.05, 4.69) is 5.32 Å². The summed E-state index contributed by atoms with van der Waals surface area (Å²) in [6, 6.07) is 10.6. The van der Waals surface area contributed by atoms with Crippen molar-refractivity contribution in [1.29, 1.82) is 0 Å². The number of carbonyl (C=O) groups excluding carboxylic acids is 1. The summed E-state index contributed by atoms with van der Waals surface area (Å²) in [5, 5.41) is 3.52. The number of fused-ring (bicyclic) bond motifs is 1. The molecular formula is C18H14ClF3N2OS. The van der Waals surface area contributed by atoms with Crippen LogP contribution in [0.4, 0.5) is 18.9 Å². The minimum absolute atomic E-state index is 0.0509. The summed E-state index contributed by atoms with van der Waals surface area (Å²) in [6.07, 6.45) is -2.58. The Morgan fingerprint density at radius 3 is 2.69 bits per heavy atom. The second-order valence-electron chi connectivity index (χ2n) is 5.65. The van der Waals surface area contributed by atoms with Gasteiger partial charge in [-0.3, -0.25) is 4.79 Å². The maximum absolute atomic E-state index is 12.8. The number of benzene rings is 2. The van der Waals surface area contributed by atoms with E-state index in [9.17, 15) is 18.0 Å². The van der Waals surface area contributed by atoms with Gasteiger partial charge in [0.15, 0.2) is 0 Å². The number of hydrogen-bond donors (Lipinski definition) is 1. The van der Waals surface area contributed by atoms with Crippen molar-refractivity contribution < 1.29 is 18.0 Å². The molecule has 2 aromatic carbocycles. The van der Waals surface area contributed by atoms with E-state index in [0.29, 0.717) is 0 Å². The molecular weight excluding hydrogens is 385 g/mol. The van der Waals surface area contributed by atoms with Gasteiger partial charge in [0.25, 0.3) is 0 Å². The Morgan fingerprint density at radius 1 is 1.23 bits per heavy atom. The summed E-state index contributed by atoms with van der Waals surface area (Å²) in [6.45, 7) is 0. The molecule has 0 aliphatic carbocycles. The van der Waals surface area contributed by atoms with Crippen molar-refractivity contribution in [3.8, 4) is 0 Å². The molecule has 1 amide bonds. The maximum atomic E-state index is 12.8. The molecule has 3 aromatic rings. The molecule has 0 atom stereocenters. The van der Waals surface area contributed by atoms with Crippen molar-refractivity contribution >= 4 is 45.9 Å². The number of hydrogen-bond acceptors (Lipinski definition) is 2. The molecule has 0 bridgehead atoms. The smallest absolute Gasteiger partial charge is 0.349 e. The molecule has 136 valence electrons. The minimum atomic E-state index is -4.50. The summed E-state index contributed by atoms with van der Waals surface area (Å²) < 4.78 is 40.3. The molecule has 0 spiro atoms. The predicted molar refractivity (Wildman–Crippen MR) is 98.7 cm³/mol. The molecule has 0 aliphatic heterocycles. The van der Waals surface area contributed by atoms with E-state index in [4.69, 9.17) is 11.6 Å². The van der Waals surface area contributed by atoms with Gasteiger partial charge in [-0.05, 0) is 24.3 Å². The molecule has 1 aromatic heterocycles. The maximum Gasteiger partial charge on any atom is 0.416 e. The Bertz CT molecular complexity index is 969. The van der Waals surface area contributed by atoms with Crippen molar-refractivity contribution in [3.05, 3.63) is 59.2 Å². The average Bonchev–Trinajstić information content (AvgIpc) is 2.91. The van der Waals surface area contributed by atoms with Gasteiger partial charge in [-0.15, -0.1) is 11.8 Å². The highest BCUT2D eigenvalue weighted by Gasteiger charge is 2.31. The lowest BCUT2D eigenvalue weighted by molar-refractivity contribution is -0.137. The summed E-state index contributed by atoms with van der Waals surface area (Å²) in [7, 11) is 1.91. The lowest BCUT2D eigenvalue weighted by Crippen LogP contribution is -2.15. The zero-order valence-electron chi connectivity index (χ0n) is 13.6. The first-order valence-corrected chi connectivity index (χ1v) is 8.95. The lowest BCUT2D eigenvalue weighted by atomic mass is 10.2. The highest BCUT2D eigenvalue weighted by Crippen LogP contribution is 2.34. The number of alkyl halides is 3. The molecule has 0 fully saturated rings. The van der Waals surface area contributed by atoms with Crippen molar-refractivity contribution in [3.63, 3.8) is 0 Å². The number of thioether (sulfide) groups is 1. The van der Waals surface area contributed by atoms with Crippen LogP contribution in [0.25, 0.3) is 10.9 Å². The highest BCUT2D eigenvalue weighted by molar-refractivity contribution is 8.00. The number of carbonyl (C=O) groups is 1. The van der Waals surface area contributed by atoms with Crippen LogP contribution in [0.1, 0.15) is 5.56 Å². The van der Waals surface area contributed by atoms with Gasteiger partial charge in [0.1, 0.15) is 0 Å². The number of nitrogens with one attached hydrogen (secondary N) is 1. The predicted octanol–water partition coefficient (Wildman–Crippen LogP) is 5.58. The van der Waals surface area contributed by atoms with Crippen LogP contribution in [-0.4, -0.2) is 16.2 Å². The van der Waals surface area contributed by atoms with Gasteiger partial charge >= 0.3 is 6.18 Å². The summed E-state index contributed by atoms with van der Waals surface area (Å²) in [4.78, 5) is 13.1. The average molecular weight is 399 g/mol. The van der Waals surface area contributed by atoms with Crippen LogP contribution >= 0.6 is 23.4 Å². The van der Waals surface area contributed by atoms with Crippen LogP contribution in [0.3, 0.4) is 0 Å². The van der Waals surface area contributed by atoms with Gasteiger partial charge in [0, 0.05) is 29.0 Å². The molecule has 3 rings (SSSR count). The molecule has 0 radical (unpaired) electrons. The molecule has 0 unspecified atom stereocenters. The summed E-state index contributed by atoms with van der Waals surface area (Å²) >= 11 is 7.21. The van der Waals surface area contributed by atoms with Gasteiger partial charge < -0.3 is 9.88 Å². The van der Waals surface area contributed by atoms with Crippen molar-refractivity contribution in [2.45, 2.75) is 11.1 Å². The quantitative estimate of drug-likeness (QED) is 0.582. The number of halogens is 4. The monoisotopic (exact) mass is 398 g/mol. The van der Waals surface area contributed by atoms with Gasteiger partial charge in [0.2, 0.25) is 5.91 Å². The molecule has 26 heavy (non-hydrogen) atoms. The van der Waals surface area contributed by atoms with Crippen LogP contribution in [0.5, 0.6) is 0 Å². The van der Waals surface area contributed by atoms with Crippen molar-refractivity contribution in [2.75, 3.05) is 11.1 Å². The molecule has 0 saturated carbocycles. The van der Waals surface area contributed by atoms with Gasteiger partial charge in [-0.2, -0.15) is 13.2 Å². The van der Waals surface area contributed by atoms with E-state index < -0.39 is 17.6 Å². The molecule has 1 heterocycles. The zero-order valence-corrected chi connectivity index (χ0v) is 15.2. The summed E-state index contributed by atoms with van der Waals surface area (Å²) in [5.41, 5.74) is 0.125. The Labute approximate surface area is 157 Å². The van der Waals surface area contributed by atoms with Crippen LogP contribution in [-0.2, 0) is 18.0 Å². The number of anilines is 1. The van der Waals surface area contributed by atoms with E-state index in [-0.39, 0.29) is 16.5 Å². The van der Waals surface area contributed by atoms with E-state index in [1.54, 1.807) is 0 Å². The van der Waals surface area contributed by atoms with E-state index in [1.165, 1.54) is 11.8 Å². The molecule has 8 heteroatoms. The Hall–Kier alpha value is -2.12. The SMILES string of the molecule is Cn1cc(SCC(=O)Nc2cc(C(F)(F)F)ccc2Cl)c2ccccc21. The zero-order chi connectivity index (χ0) is 18.9. The molecule has 3 nitrogen and oxygen atoms in total. The second-order valence-corrected chi connectivity index (χ2v) is 7.08. The fraction of sp³-hybridized carbons (Fsp3) is 0.167. The molecule has 1 N–H and O–H groups in total. The third-order valence-electron chi connectivity index (χ3n) is 3.79. The van der Waals surface area contributed by atoms with Gasteiger partial charge in [-0.1, -0.05) is 29.8 Å². The minimum Gasteiger partial charge on any atom is -0.349 e. The van der Waals surface area contributed by atoms with Crippen molar-refractivity contribution in [1.82, 2.24) is 4.57 Å². The van der Waals surface area contributed by atoms with Crippen LogP contribution in [0.15, 0.2) is 53.6 Å². The Morgan fingerprint density at radius 2 is 1.96 bits per heavy atom. The van der Waals surface area contributed by atoms with Gasteiger partial charge in [0.05, 0.1) is 22.0 Å². The Kier molecular flexibility index (Phi) is 5.20. The number of para-hydroxylation sites is 1. The largest absolute Gasteiger partial charge is 0.416 e. The van der Waals surface area contributed by atoms with E-state index in [1.807, 2.05) is 42.1 Å².